The van der Waals surface area contributed by atoms with Crippen LogP contribution in [0.1, 0.15) is 13.3 Å². The smallest absolute Gasteiger partial charge is 0.414 e. The molecule has 1 aromatic carbocycles. The van der Waals surface area contributed by atoms with Crippen molar-refractivity contribution in [2.75, 3.05) is 36.0 Å². The van der Waals surface area contributed by atoms with Crippen molar-refractivity contribution in [3.63, 3.8) is 0 Å². The first-order valence-corrected chi connectivity index (χ1v) is 8.66. The van der Waals surface area contributed by atoms with E-state index >= 15 is 0 Å². The summed E-state index contributed by atoms with van der Waals surface area (Å²) in [7, 11) is 0. The predicted octanol–water partition coefficient (Wildman–Crippen LogP) is 0.534. The van der Waals surface area contributed by atoms with Crippen LogP contribution >= 0.6 is 0 Å². The van der Waals surface area contributed by atoms with Gasteiger partial charge in [0.05, 0.1) is 24.5 Å². The Kier molecular flexibility index (Phi) is 5.33. The van der Waals surface area contributed by atoms with Gasteiger partial charge < -0.3 is 26.0 Å². The highest BCUT2D eigenvalue weighted by Crippen LogP contribution is 2.29. The number of urea groups is 1. The summed E-state index contributed by atoms with van der Waals surface area (Å²) in [6, 6.07) is 3.82. The molecule has 2 atom stereocenters. The first kappa shape index (κ1) is 18.7. The molecule has 4 N–H and O–H groups in total. The molecule has 0 saturated carbocycles. The van der Waals surface area contributed by atoms with Gasteiger partial charge in [-0.3, -0.25) is 9.69 Å². The second kappa shape index (κ2) is 7.68. The van der Waals surface area contributed by atoms with Gasteiger partial charge in [0.25, 0.3) is 0 Å². The first-order chi connectivity index (χ1) is 12.8. The fourth-order valence-electron chi connectivity index (χ4n) is 3.31. The number of ether oxygens (including phenoxy) is 1. The number of anilines is 2. The zero-order chi connectivity index (χ0) is 19.6. The summed E-state index contributed by atoms with van der Waals surface area (Å²) in [5.41, 5.74) is 5.91. The van der Waals surface area contributed by atoms with E-state index in [0.717, 1.165) is 0 Å². The summed E-state index contributed by atoms with van der Waals surface area (Å²) in [6.45, 7) is 2.87. The molecule has 2 fully saturated rings. The third-order valence-corrected chi connectivity index (χ3v) is 4.57. The van der Waals surface area contributed by atoms with E-state index in [-0.39, 0.29) is 25.0 Å². The second-order valence-corrected chi connectivity index (χ2v) is 6.63. The Morgan fingerprint density at radius 1 is 1.37 bits per heavy atom. The van der Waals surface area contributed by atoms with Crippen LogP contribution in [-0.2, 0) is 9.53 Å². The third kappa shape index (κ3) is 4.39. The number of rotatable bonds is 5. The maximum Gasteiger partial charge on any atom is 0.414 e. The molecule has 4 amide bonds. The van der Waals surface area contributed by atoms with Crippen LogP contribution in [0.2, 0.25) is 0 Å². The lowest BCUT2D eigenvalue weighted by atomic mass is 10.2. The monoisotopic (exact) mass is 379 g/mol. The van der Waals surface area contributed by atoms with Gasteiger partial charge in [0.1, 0.15) is 11.9 Å². The minimum absolute atomic E-state index is 0.121. The number of amides is 4. The molecule has 1 aromatic rings. The number of nitrogens with two attached hydrogens (primary N) is 1. The average molecular weight is 379 g/mol. The second-order valence-electron chi connectivity index (χ2n) is 6.63. The number of halogens is 1. The topological polar surface area (TPSA) is 117 Å². The molecule has 27 heavy (non-hydrogen) atoms. The molecule has 2 aliphatic rings. The summed E-state index contributed by atoms with van der Waals surface area (Å²) in [5.74, 6) is -0.681. The van der Waals surface area contributed by atoms with E-state index in [0.29, 0.717) is 30.9 Å². The summed E-state index contributed by atoms with van der Waals surface area (Å²) < 4.78 is 19.8. The number of primary amides is 1. The van der Waals surface area contributed by atoms with Crippen LogP contribution in [0.4, 0.5) is 25.4 Å². The van der Waals surface area contributed by atoms with Gasteiger partial charge in [-0.1, -0.05) is 0 Å². The fraction of sp³-hybridized carbons (Fsp3) is 0.471. The van der Waals surface area contributed by atoms with Crippen molar-refractivity contribution in [1.29, 1.82) is 0 Å². The lowest BCUT2D eigenvalue weighted by Gasteiger charge is -2.21. The van der Waals surface area contributed by atoms with Gasteiger partial charge in [0, 0.05) is 26.1 Å². The minimum Gasteiger partial charge on any atom is -0.442 e. The number of hydrogen-bond acceptors (Lipinski definition) is 5. The van der Waals surface area contributed by atoms with Crippen LogP contribution in [0.5, 0.6) is 0 Å². The van der Waals surface area contributed by atoms with Crippen molar-refractivity contribution in [2.24, 2.45) is 5.73 Å². The standard InChI is InChI=1S/C17H22FN5O4/c1-10(24)20-7-13-9-23(17(26)27-13)12-2-3-15(14(18)6-12)22-5-4-11(8-22)21-16(19)25/h2-3,6,11,13H,4-5,7-9H2,1H3,(H,20,24)(H3,19,21,25)/t11?,13-/m0/s1. The summed E-state index contributed by atoms with van der Waals surface area (Å²) in [6.07, 6.45) is -0.388. The predicted molar refractivity (Wildman–Crippen MR) is 96.0 cm³/mol. The molecule has 9 nitrogen and oxygen atoms in total. The van der Waals surface area contributed by atoms with Crippen molar-refractivity contribution >= 4 is 29.4 Å². The molecular weight excluding hydrogens is 357 g/mol. The molecule has 0 spiro atoms. The van der Waals surface area contributed by atoms with Crippen molar-refractivity contribution in [2.45, 2.75) is 25.5 Å². The Morgan fingerprint density at radius 3 is 2.81 bits per heavy atom. The normalized spacial score (nSPS) is 21.9. The van der Waals surface area contributed by atoms with Gasteiger partial charge in [-0.05, 0) is 24.6 Å². The quantitative estimate of drug-likeness (QED) is 0.690. The minimum atomic E-state index is -0.598. The van der Waals surface area contributed by atoms with Crippen LogP contribution in [0.3, 0.4) is 0 Å². The van der Waals surface area contributed by atoms with E-state index in [4.69, 9.17) is 10.5 Å². The Morgan fingerprint density at radius 2 is 2.15 bits per heavy atom. The van der Waals surface area contributed by atoms with Crippen LogP contribution in [0, 0.1) is 5.82 Å². The summed E-state index contributed by atoms with van der Waals surface area (Å²) in [4.78, 5) is 37.1. The van der Waals surface area contributed by atoms with Crippen LogP contribution < -0.4 is 26.2 Å². The average Bonchev–Trinajstić information content (AvgIpc) is 3.19. The number of hydrogen-bond donors (Lipinski definition) is 3. The molecule has 1 unspecified atom stereocenters. The van der Waals surface area contributed by atoms with Crippen molar-refractivity contribution in [1.82, 2.24) is 10.6 Å². The lowest BCUT2D eigenvalue weighted by Crippen LogP contribution is -2.40. The van der Waals surface area contributed by atoms with Crippen molar-refractivity contribution < 1.29 is 23.5 Å². The van der Waals surface area contributed by atoms with Gasteiger partial charge in [-0.25, -0.2) is 14.0 Å². The molecular formula is C17H22FN5O4. The number of carbonyl (C=O) groups excluding carboxylic acids is 3. The number of nitrogens with zero attached hydrogens (tertiary/aromatic N) is 2. The van der Waals surface area contributed by atoms with E-state index in [1.807, 2.05) is 4.90 Å². The van der Waals surface area contributed by atoms with Gasteiger partial charge >= 0.3 is 12.1 Å². The molecule has 0 bridgehead atoms. The summed E-state index contributed by atoms with van der Waals surface area (Å²) in [5, 5.41) is 5.22. The molecule has 2 heterocycles. The maximum atomic E-state index is 14.6. The van der Waals surface area contributed by atoms with Crippen molar-refractivity contribution in [3.8, 4) is 0 Å². The zero-order valence-electron chi connectivity index (χ0n) is 14.9. The van der Waals surface area contributed by atoms with E-state index in [9.17, 15) is 18.8 Å². The number of carbonyl (C=O) groups is 3. The van der Waals surface area contributed by atoms with E-state index in [1.165, 1.54) is 17.9 Å². The molecule has 2 saturated heterocycles. The lowest BCUT2D eigenvalue weighted by molar-refractivity contribution is -0.119. The van der Waals surface area contributed by atoms with E-state index < -0.39 is 24.0 Å². The van der Waals surface area contributed by atoms with Crippen LogP contribution in [0.25, 0.3) is 0 Å². The fourth-order valence-corrected chi connectivity index (χ4v) is 3.31. The molecule has 146 valence electrons. The van der Waals surface area contributed by atoms with Gasteiger partial charge in [0.15, 0.2) is 0 Å². The molecule has 2 aliphatic heterocycles. The zero-order valence-corrected chi connectivity index (χ0v) is 14.9. The molecule has 3 rings (SSSR count). The van der Waals surface area contributed by atoms with E-state index in [1.54, 1.807) is 12.1 Å². The van der Waals surface area contributed by atoms with Gasteiger partial charge in [0.2, 0.25) is 5.91 Å². The Balaban J connectivity index is 1.66. The van der Waals surface area contributed by atoms with Crippen molar-refractivity contribution in [3.05, 3.63) is 24.0 Å². The van der Waals surface area contributed by atoms with Crippen LogP contribution in [-0.4, -0.2) is 56.4 Å². The highest BCUT2D eigenvalue weighted by Gasteiger charge is 2.33. The molecule has 10 heteroatoms. The number of nitrogens with one attached hydrogen (secondary N) is 2. The molecule has 0 aromatic heterocycles. The van der Waals surface area contributed by atoms with Crippen LogP contribution in [0.15, 0.2) is 18.2 Å². The number of cyclic esters (lactones) is 1. The first-order valence-electron chi connectivity index (χ1n) is 8.66. The molecule has 0 radical (unpaired) electrons. The Labute approximate surface area is 155 Å². The van der Waals surface area contributed by atoms with E-state index in [2.05, 4.69) is 10.6 Å². The highest BCUT2D eigenvalue weighted by molar-refractivity contribution is 5.90. The third-order valence-electron chi connectivity index (χ3n) is 4.57. The molecule has 0 aliphatic carbocycles. The summed E-state index contributed by atoms with van der Waals surface area (Å²) >= 11 is 0. The highest BCUT2D eigenvalue weighted by atomic mass is 19.1. The Hall–Kier alpha value is -3.04. The Bertz CT molecular complexity index is 759. The largest absolute Gasteiger partial charge is 0.442 e. The number of benzene rings is 1. The maximum absolute atomic E-state index is 14.6. The van der Waals surface area contributed by atoms with Gasteiger partial charge in [-0.2, -0.15) is 0 Å². The SMILES string of the molecule is CC(=O)NC[C@H]1CN(c2ccc(N3CCC(NC(N)=O)C3)c(F)c2)C(=O)O1. The van der Waals surface area contributed by atoms with Gasteiger partial charge in [-0.15, -0.1) is 0 Å².